The molecule has 1 saturated heterocycles. The fourth-order valence-corrected chi connectivity index (χ4v) is 3.37. The predicted molar refractivity (Wildman–Crippen MR) is 85.1 cm³/mol. The lowest BCUT2D eigenvalue weighted by Gasteiger charge is -2.24. The molecule has 1 fully saturated rings. The van der Waals surface area contributed by atoms with Gasteiger partial charge in [0.1, 0.15) is 6.04 Å². The molecule has 0 saturated carbocycles. The Labute approximate surface area is 150 Å². The number of hydrogen-bond donors (Lipinski definition) is 1. The minimum absolute atomic E-state index is 0.0791. The summed E-state index contributed by atoms with van der Waals surface area (Å²) in [5.74, 6) is -1.84. The highest BCUT2D eigenvalue weighted by molar-refractivity contribution is 7.13. The number of nitrogens with one attached hydrogen (secondary N) is 1. The van der Waals surface area contributed by atoms with Crippen LogP contribution in [0.2, 0.25) is 0 Å². The summed E-state index contributed by atoms with van der Waals surface area (Å²) in [7, 11) is 0. The monoisotopic (exact) mass is 388 g/mol. The smallest absolute Gasteiger partial charge is 0.354 e. The summed E-state index contributed by atoms with van der Waals surface area (Å²) < 4.78 is 42.8. The van der Waals surface area contributed by atoms with E-state index in [1.54, 1.807) is 0 Å². The van der Waals surface area contributed by atoms with Crippen molar-refractivity contribution in [3.8, 4) is 10.7 Å². The second-order valence-corrected chi connectivity index (χ2v) is 6.63. The molecule has 1 N–H and O–H groups in total. The quantitative estimate of drug-likeness (QED) is 0.847. The van der Waals surface area contributed by atoms with Crippen LogP contribution in [-0.4, -0.2) is 52.2 Å². The number of carbonyl (C=O) groups is 2. The maximum Gasteiger partial charge on any atom is 0.471 e. The first kappa shape index (κ1) is 18.4. The minimum atomic E-state index is -4.98. The van der Waals surface area contributed by atoms with E-state index in [9.17, 15) is 22.8 Å². The molecule has 2 aromatic heterocycles. The average Bonchev–Trinajstić information content (AvgIpc) is 3.32. The maximum absolute atomic E-state index is 12.6. The second kappa shape index (κ2) is 7.44. The van der Waals surface area contributed by atoms with Crippen LogP contribution in [0.1, 0.15) is 18.7 Å². The fourth-order valence-electron chi connectivity index (χ4n) is 2.72. The number of hydrogen-bond acceptors (Lipinski definition) is 6. The van der Waals surface area contributed by atoms with Crippen molar-refractivity contribution in [3.05, 3.63) is 23.4 Å². The molecule has 3 heterocycles. The summed E-state index contributed by atoms with van der Waals surface area (Å²) in [6.07, 6.45) is -4.18. The lowest BCUT2D eigenvalue weighted by atomic mass is 10.2. The lowest BCUT2D eigenvalue weighted by Crippen LogP contribution is -2.50. The average molecular weight is 388 g/mol. The van der Waals surface area contributed by atoms with Crippen LogP contribution in [0.3, 0.4) is 0 Å². The third-order valence-electron chi connectivity index (χ3n) is 3.91. The third-order valence-corrected chi connectivity index (χ3v) is 4.77. The number of thiophene rings is 1. The molecule has 0 radical (unpaired) electrons. The minimum Gasteiger partial charge on any atom is -0.354 e. The number of aromatic nitrogens is 2. The first-order valence-corrected chi connectivity index (χ1v) is 8.76. The van der Waals surface area contributed by atoms with E-state index in [1.807, 2.05) is 17.5 Å². The largest absolute Gasteiger partial charge is 0.471 e. The Hall–Kier alpha value is -2.43. The van der Waals surface area contributed by atoms with Gasteiger partial charge in [0.05, 0.1) is 4.88 Å². The van der Waals surface area contributed by atoms with Gasteiger partial charge in [0.15, 0.2) is 0 Å². The van der Waals surface area contributed by atoms with Gasteiger partial charge < -0.3 is 14.7 Å². The van der Waals surface area contributed by atoms with Crippen LogP contribution in [0, 0.1) is 0 Å². The van der Waals surface area contributed by atoms with E-state index in [1.165, 1.54) is 11.3 Å². The van der Waals surface area contributed by atoms with Crippen molar-refractivity contribution in [3.63, 3.8) is 0 Å². The molecule has 7 nitrogen and oxygen atoms in total. The van der Waals surface area contributed by atoms with Crippen molar-refractivity contribution in [2.75, 3.05) is 13.1 Å². The predicted octanol–water partition coefficient (Wildman–Crippen LogP) is 2.01. The molecule has 1 aliphatic rings. The van der Waals surface area contributed by atoms with Crippen molar-refractivity contribution in [2.24, 2.45) is 0 Å². The van der Waals surface area contributed by atoms with Crippen LogP contribution in [0.15, 0.2) is 22.0 Å². The molecular weight excluding hydrogens is 373 g/mol. The zero-order valence-electron chi connectivity index (χ0n) is 13.5. The summed E-state index contributed by atoms with van der Waals surface area (Å²) in [4.78, 5) is 29.1. The molecule has 11 heteroatoms. The van der Waals surface area contributed by atoms with Crippen LogP contribution >= 0.6 is 11.3 Å². The normalized spacial score (nSPS) is 17.5. The lowest BCUT2D eigenvalue weighted by molar-refractivity contribution is -0.186. The molecule has 140 valence electrons. The first-order chi connectivity index (χ1) is 12.4. The Morgan fingerprint density at radius 2 is 2.23 bits per heavy atom. The van der Waals surface area contributed by atoms with Gasteiger partial charge in [0, 0.05) is 19.5 Å². The SMILES string of the molecule is O=C(NCCc1nc(-c2cccs2)no1)C1CCCN1C(=O)C(F)(F)F. The van der Waals surface area contributed by atoms with Gasteiger partial charge in [-0.25, -0.2) is 0 Å². The molecule has 0 spiro atoms. The van der Waals surface area contributed by atoms with Gasteiger partial charge in [-0.1, -0.05) is 11.2 Å². The Balaban J connectivity index is 1.52. The molecule has 0 bridgehead atoms. The standard InChI is InChI=1S/C15H15F3N4O3S/c16-15(17,18)14(24)22-7-1-3-9(22)13(23)19-6-5-11-20-12(21-25-11)10-4-2-8-26-10/h2,4,8-9H,1,3,5-7H2,(H,19,23). The van der Waals surface area contributed by atoms with Crippen LogP contribution in [0.25, 0.3) is 10.7 Å². The fraction of sp³-hybridized carbons (Fsp3) is 0.467. The summed E-state index contributed by atoms with van der Waals surface area (Å²) in [6.45, 7) is 0.0414. The van der Waals surface area contributed by atoms with Crippen molar-refractivity contribution >= 4 is 23.2 Å². The zero-order chi connectivity index (χ0) is 18.7. The van der Waals surface area contributed by atoms with Gasteiger partial charge in [-0.15, -0.1) is 11.3 Å². The van der Waals surface area contributed by atoms with Gasteiger partial charge in [-0.2, -0.15) is 18.2 Å². The number of rotatable bonds is 5. The van der Waals surface area contributed by atoms with Crippen LogP contribution < -0.4 is 5.32 Å². The van der Waals surface area contributed by atoms with E-state index in [0.29, 0.717) is 23.0 Å². The van der Waals surface area contributed by atoms with Crippen LogP contribution in [0.4, 0.5) is 13.2 Å². The Morgan fingerprint density at radius 1 is 1.42 bits per heavy atom. The summed E-state index contributed by atoms with van der Waals surface area (Å²) in [5.41, 5.74) is 0. The Morgan fingerprint density at radius 3 is 2.92 bits per heavy atom. The van der Waals surface area contributed by atoms with Gasteiger partial charge in [-0.05, 0) is 24.3 Å². The number of carbonyl (C=O) groups excluding carboxylic acids is 2. The Kier molecular flexibility index (Phi) is 5.25. The van der Waals surface area contributed by atoms with E-state index in [4.69, 9.17) is 4.52 Å². The van der Waals surface area contributed by atoms with Gasteiger partial charge >= 0.3 is 12.1 Å². The highest BCUT2D eigenvalue weighted by atomic mass is 32.1. The second-order valence-electron chi connectivity index (χ2n) is 5.68. The van der Waals surface area contributed by atoms with Crippen molar-refractivity contribution < 1.29 is 27.3 Å². The van der Waals surface area contributed by atoms with Gasteiger partial charge in [-0.3, -0.25) is 9.59 Å². The van der Waals surface area contributed by atoms with Crippen molar-refractivity contribution in [1.82, 2.24) is 20.4 Å². The maximum atomic E-state index is 12.6. The highest BCUT2D eigenvalue weighted by Crippen LogP contribution is 2.25. The zero-order valence-corrected chi connectivity index (χ0v) is 14.3. The summed E-state index contributed by atoms with van der Waals surface area (Å²) >= 11 is 1.46. The number of alkyl halides is 3. The summed E-state index contributed by atoms with van der Waals surface area (Å²) in [5, 5.41) is 8.23. The molecule has 1 aliphatic heterocycles. The molecule has 3 rings (SSSR count). The van der Waals surface area contributed by atoms with E-state index in [-0.39, 0.29) is 25.9 Å². The first-order valence-electron chi connectivity index (χ1n) is 7.88. The molecule has 0 aliphatic carbocycles. The third kappa shape index (κ3) is 4.03. The van der Waals surface area contributed by atoms with E-state index in [0.717, 1.165) is 4.88 Å². The van der Waals surface area contributed by atoms with E-state index < -0.39 is 24.0 Å². The molecule has 1 unspecified atom stereocenters. The van der Waals surface area contributed by atoms with E-state index in [2.05, 4.69) is 15.5 Å². The molecule has 26 heavy (non-hydrogen) atoms. The molecule has 0 aromatic carbocycles. The number of halogens is 3. The van der Waals surface area contributed by atoms with Crippen molar-refractivity contribution in [2.45, 2.75) is 31.5 Å². The van der Waals surface area contributed by atoms with Crippen molar-refractivity contribution in [1.29, 1.82) is 0 Å². The number of likely N-dealkylation sites (tertiary alicyclic amines) is 1. The van der Waals surface area contributed by atoms with Gasteiger partial charge in [0.2, 0.25) is 17.6 Å². The van der Waals surface area contributed by atoms with Crippen LogP contribution in [0.5, 0.6) is 0 Å². The Bertz CT molecular complexity index is 775. The molecule has 2 amide bonds. The van der Waals surface area contributed by atoms with E-state index >= 15 is 0 Å². The van der Waals surface area contributed by atoms with Crippen LogP contribution in [-0.2, 0) is 16.0 Å². The molecular formula is C15H15F3N4O3S. The molecule has 2 aromatic rings. The summed E-state index contributed by atoms with van der Waals surface area (Å²) in [6, 6.07) is 2.59. The molecule has 1 atom stereocenters. The van der Waals surface area contributed by atoms with Gasteiger partial charge in [0.25, 0.3) is 0 Å². The number of nitrogens with zero attached hydrogens (tertiary/aromatic N) is 3. The number of amides is 2. The highest BCUT2D eigenvalue weighted by Gasteiger charge is 2.47. The topological polar surface area (TPSA) is 88.3 Å².